The molecule has 4 saturated carbocycles. The summed E-state index contributed by atoms with van der Waals surface area (Å²) in [5.74, 6) is 0.0175. The third-order valence-electron chi connectivity index (χ3n) is 15.9. The summed E-state index contributed by atoms with van der Waals surface area (Å²) in [6.07, 6.45) is 11.5. The van der Waals surface area contributed by atoms with E-state index < -0.39 is 22.4 Å². The van der Waals surface area contributed by atoms with Crippen LogP contribution in [0.2, 0.25) is 0 Å². The van der Waals surface area contributed by atoms with Crippen LogP contribution >= 0.6 is 0 Å². The van der Waals surface area contributed by atoms with Gasteiger partial charge in [-0.15, -0.1) is 0 Å². The van der Waals surface area contributed by atoms with Crippen LogP contribution in [-0.2, 0) is 28.7 Å². The first-order chi connectivity index (χ1) is 25.8. The Morgan fingerprint density at radius 3 is 2.16 bits per heavy atom. The number of halogens is 1. The number of fused-ring (bicyclic) bond motifs is 7. The van der Waals surface area contributed by atoms with E-state index in [9.17, 15) is 23.6 Å². The van der Waals surface area contributed by atoms with E-state index in [1.54, 1.807) is 32.1 Å². The number of hydrogen-bond acceptors (Lipinski definition) is 6. The highest BCUT2D eigenvalue weighted by atomic mass is 19.1. The molecule has 5 aliphatic rings. The molecule has 0 radical (unpaired) electrons. The van der Waals surface area contributed by atoms with Gasteiger partial charge in [-0.05, 0) is 161 Å². The summed E-state index contributed by atoms with van der Waals surface area (Å²) in [5.41, 5.74) is 0.506. The molecule has 0 aliphatic heterocycles. The first-order valence-electron chi connectivity index (χ1n) is 21.3. The van der Waals surface area contributed by atoms with Crippen LogP contribution in [0.5, 0.6) is 0 Å². The second kappa shape index (κ2) is 14.2. The highest BCUT2D eigenvalue weighted by Gasteiger charge is 2.70. The summed E-state index contributed by atoms with van der Waals surface area (Å²) in [5, 5.41) is 2.87. The van der Waals surface area contributed by atoms with E-state index in [1.165, 1.54) is 17.7 Å². The number of carbonyl (C=O) groups excluding carboxylic acids is 4. The summed E-state index contributed by atoms with van der Waals surface area (Å²) >= 11 is 0. The van der Waals surface area contributed by atoms with Gasteiger partial charge in [-0.3, -0.25) is 19.2 Å². The summed E-state index contributed by atoms with van der Waals surface area (Å²) in [4.78, 5) is 53.6. The second-order valence-corrected chi connectivity index (χ2v) is 21.6. The fourth-order valence-corrected chi connectivity index (χ4v) is 13.0. The van der Waals surface area contributed by atoms with Gasteiger partial charge < -0.3 is 14.8 Å². The van der Waals surface area contributed by atoms with Crippen LogP contribution < -0.4 is 5.32 Å². The van der Waals surface area contributed by atoms with Gasteiger partial charge in [0.15, 0.2) is 5.78 Å². The molecule has 308 valence electrons. The van der Waals surface area contributed by atoms with Crippen LogP contribution in [-0.4, -0.2) is 35.3 Å². The zero-order valence-corrected chi connectivity index (χ0v) is 36.2. The topological polar surface area (TPSA) is 98.8 Å². The molecule has 0 bridgehead atoms. The number of nitrogens with one attached hydrogen (secondary N) is 1. The Morgan fingerprint density at radius 1 is 0.875 bits per heavy atom. The van der Waals surface area contributed by atoms with Crippen LogP contribution in [0.25, 0.3) is 0 Å². The number of allylic oxidation sites excluding steroid dienone is 3. The lowest BCUT2D eigenvalue weighted by atomic mass is 9.33. The largest absolute Gasteiger partial charge is 0.462 e. The quantitative estimate of drug-likeness (QED) is 0.209. The third-order valence-corrected chi connectivity index (χ3v) is 15.9. The van der Waals surface area contributed by atoms with Crippen molar-refractivity contribution in [1.29, 1.82) is 0 Å². The standard InChI is InChI=1S/C48H68FNO6/c1-29(2)39-33(51)27-48(24-21-37(52)50-31-15-13-30(49)14-16-31)26-25-46(11)32(40(39)48)17-18-35-45(10)22-20-36(44(8,9)34(45)19-23-47(35,46)12)55-38(53)28-43(6,7)41(54)56-42(3,4)5/h13-16,21,24,29,32,34-36H,17-20,22-23,25-28H2,1-12H3,(H,50,52)/t32-,34+,35-,36+,45+,46-,47-,48+/m1/s1. The molecule has 0 aromatic heterocycles. The Bertz CT molecular complexity index is 1820. The maximum atomic E-state index is 14.0. The van der Waals surface area contributed by atoms with Crippen LogP contribution in [0.4, 0.5) is 10.1 Å². The molecule has 5 aliphatic carbocycles. The Balaban J connectivity index is 1.24. The van der Waals surface area contributed by atoms with Crippen molar-refractivity contribution in [2.24, 2.45) is 56.2 Å². The number of carbonyl (C=O) groups is 4. The summed E-state index contributed by atoms with van der Waals surface area (Å²) in [6, 6.07) is 5.76. The van der Waals surface area contributed by atoms with Crippen LogP contribution in [0, 0.1) is 62.0 Å². The monoisotopic (exact) mass is 774 g/mol. The van der Waals surface area contributed by atoms with E-state index in [1.807, 2.05) is 26.8 Å². The maximum Gasteiger partial charge on any atom is 0.312 e. The van der Waals surface area contributed by atoms with E-state index in [4.69, 9.17) is 9.47 Å². The Hall–Kier alpha value is -3.29. The van der Waals surface area contributed by atoms with Gasteiger partial charge in [0.2, 0.25) is 5.91 Å². The number of amides is 1. The van der Waals surface area contributed by atoms with E-state index in [-0.39, 0.29) is 69.5 Å². The zero-order chi connectivity index (χ0) is 41.4. The number of ether oxygens (including phenoxy) is 2. The van der Waals surface area contributed by atoms with Gasteiger partial charge in [-0.1, -0.05) is 54.5 Å². The summed E-state index contributed by atoms with van der Waals surface area (Å²) in [7, 11) is 0. The lowest BCUT2D eigenvalue weighted by Gasteiger charge is -2.72. The molecule has 0 unspecified atom stereocenters. The van der Waals surface area contributed by atoms with E-state index in [0.717, 1.165) is 56.9 Å². The molecular formula is C48H68FNO6. The third kappa shape index (κ3) is 7.11. The minimum absolute atomic E-state index is 0.0246. The van der Waals surface area contributed by atoms with Crippen molar-refractivity contribution in [3.8, 4) is 0 Å². The van der Waals surface area contributed by atoms with E-state index in [0.29, 0.717) is 23.9 Å². The van der Waals surface area contributed by atoms with Gasteiger partial charge in [0.1, 0.15) is 17.5 Å². The van der Waals surface area contributed by atoms with Crippen LogP contribution in [0.1, 0.15) is 147 Å². The van der Waals surface area contributed by atoms with Gasteiger partial charge in [-0.25, -0.2) is 4.39 Å². The normalized spacial score (nSPS) is 35.4. The molecule has 1 N–H and O–H groups in total. The molecule has 6 rings (SSSR count). The number of Topliss-reactive ketones (excluding diaryl/α,β-unsaturated/α-hetero) is 1. The minimum atomic E-state index is -0.989. The number of rotatable bonds is 8. The number of hydrogen-bond donors (Lipinski definition) is 1. The van der Waals surface area contributed by atoms with Crippen molar-refractivity contribution in [3.63, 3.8) is 0 Å². The smallest absolute Gasteiger partial charge is 0.312 e. The second-order valence-electron chi connectivity index (χ2n) is 21.6. The highest BCUT2D eigenvalue weighted by molar-refractivity contribution is 6.02. The number of ketones is 1. The summed E-state index contributed by atoms with van der Waals surface area (Å²) in [6.45, 7) is 25.4. The molecule has 1 amide bonds. The van der Waals surface area contributed by atoms with Crippen molar-refractivity contribution in [2.45, 2.75) is 159 Å². The molecule has 7 nitrogen and oxygen atoms in total. The van der Waals surface area contributed by atoms with Crippen molar-refractivity contribution < 1.29 is 33.0 Å². The van der Waals surface area contributed by atoms with Gasteiger partial charge in [0.05, 0.1) is 11.8 Å². The van der Waals surface area contributed by atoms with Gasteiger partial charge in [0.25, 0.3) is 0 Å². The highest BCUT2D eigenvalue weighted by Crippen LogP contribution is 2.77. The molecule has 8 heteroatoms. The van der Waals surface area contributed by atoms with Crippen molar-refractivity contribution >= 4 is 29.3 Å². The molecule has 8 atom stereocenters. The van der Waals surface area contributed by atoms with E-state index >= 15 is 0 Å². The first kappa shape index (κ1) is 42.3. The molecular weight excluding hydrogens is 706 g/mol. The fraction of sp³-hybridized carbons (Fsp3) is 0.708. The van der Waals surface area contributed by atoms with E-state index in [2.05, 4.69) is 53.8 Å². The number of anilines is 1. The predicted molar refractivity (Wildman–Crippen MR) is 218 cm³/mol. The molecule has 0 saturated heterocycles. The van der Waals surface area contributed by atoms with Gasteiger partial charge in [0, 0.05) is 29.0 Å². The molecule has 1 aromatic carbocycles. The zero-order valence-electron chi connectivity index (χ0n) is 36.2. The van der Waals surface area contributed by atoms with Crippen LogP contribution in [0.3, 0.4) is 0 Å². The number of esters is 2. The van der Waals surface area contributed by atoms with Gasteiger partial charge >= 0.3 is 11.9 Å². The Morgan fingerprint density at radius 2 is 1.54 bits per heavy atom. The first-order valence-corrected chi connectivity index (χ1v) is 21.3. The summed E-state index contributed by atoms with van der Waals surface area (Å²) < 4.78 is 25.5. The number of benzene rings is 1. The fourth-order valence-electron chi connectivity index (χ4n) is 13.0. The van der Waals surface area contributed by atoms with Gasteiger partial charge in [-0.2, -0.15) is 0 Å². The molecule has 0 spiro atoms. The average molecular weight is 774 g/mol. The predicted octanol–water partition coefficient (Wildman–Crippen LogP) is 11.0. The molecule has 0 heterocycles. The lowest BCUT2D eigenvalue weighted by molar-refractivity contribution is -0.232. The van der Waals surface area contributed by atoms with Crippen molar-refractivity contribution in [1.82, 2.24) is 0 Å². The lowest BCUT2D eigenvalue weighted by Crippen LogP contribution is -2.65. The molecule has 1 aromatic rings. The average Bonchev–Trinajstić information content (AvgIpc) is 3.38. The maximum absolute atomic E-state index is 14.0. The Kier molecular flexibility index (Phi) is 10.7. The SMILES string of the molecule is CC(C)C1=C2[C@H]3CC[C@@H]4[C@@]5(C)CC[C@H](OC(=O)CC(C)(C)C(=O)OC(C)(C)C)C(C)(C)[C@@H]5CC[C@@]4(C)[C@]3(C)CC[C@@]2(C=CC(=O)Nc2ccc(F)cc2)CC1=O. The molecule has 56 heavy (non-hydrogen) atoms. The van der Waals surface area contributed by atoms with Crippen molar-refractivity contribution in [3.05, 3.63) is 53.4 Å². The van der Waals surface area contributed by atoms with Crippen LogP contribution in [0.15, 0.2) is 47.6 Å². The molecule has 4 fully saturated rings. The van der Waals surface area contributed by atoms with Crippen molar-refractivity contribution in [2.75, 3.05) is 5.32 Å². The Labute approximate surface area is 335 Å². The minimum Gasteiger partial charge on any atom is -0.462 e.